The third-order valence-corrected chi connectivity index (χ3v) is 3.71. The predicted molar refractivity (Wildman–Crippen MR) is 73.6 cm³/mol. The molecule has 110 valence electrons. The van der Waals surface area contributed by atoms with Crippen molar-refractivity contribution in [2.45, 2.75) is 52.0 Å². The molecule has 0 bridgehead atoms. The number of likely N-dealkylation sites (tertiary alicyclic amines) is 1. The lowest BCUT2D eigenvalue weighted by Crippen LogP contribution is -2.48. The molecule has 1 aliphatic rings. The number of nitrogens with zero attached hydrogens (tertiary/aromatic N) is 1. The summed E-state index contributed by atoms with van der Waals surface area (Å²) in [5.74, 6) is -0.839. The number of nitrogens with two attached hydrogens (primary N) is 1. The van der Waals surface area contributed by atoms with Crippen molar-refractivity contribution in [3.05, 3.63) is 0 Å². The Morgan fingerprint density at radius 1 is 1.32 bits per heavy atom. The fourth-order valence-corrected chi connectivity index (χ4v) is 2.73. The number of carbonyl (C=O) groups excluding carboxylic acids is 1. The van der Waals surface area contributed by atoms with E-state index in [2.05, 4.69) is 0 Å². The van der Waals surface area contributed by atoms with E-state index in [4.69, 9.17) is 5.73 Å². The highest BCUT2D eigenvalue weighted by Gasteiger charge is 2.33. The summed E-state index contributed by atoms with van der Waals surface area (Å²) in [6, 6.07) is -0.670. The van der Waals surface area contributed by atoms with Gasteiger partial charge in [0.15, 0.2) is 0 Å². The van der Waals surface area contributed by atoms with E-state index in [1.807, 2.05) is 13.8 Å². The molecule has 0 aliphatic carbocycles. The van der Waals surface area contributed by atoms with Crippen LogP contribution in [0.1, 0.15) is 46.0 Å². The van der Waals surface area contributed by atoms with Gasteiger partial charge in [-0.05, 0) is 25.2 Å². The highest BCUT2D eigenvalue weighted by Crippen LogP contribution is 2.21. The van der Waals surface area contributed by atoms with Gasteiger partial charge in [0, 0.05) is 13.1 Å². The van der Waals surface area contributed by atoms with E-state index in [0.717, 1.165) is 25.7 Å². The second-order valence-corrected chi connectivity index (χ2v) is 5.80. The number of hydrogen-bond acceptors (Lipinski definition) is 3. The van der Waals surface area contributed by atoms with Crippen molar-refractivity contribution >= 4 is 11.9 Å². The zero-order valence-electron chi connectivity index (χ0n) is 12.0. The van der Waals surface area contributed by atoms with Gasteiger partial charge in [0.2, 0.25) is 5.91 Å². The number of carboxylic acid groups (broad SMARTS) is 1. The summed E-state index contributed by atoms with van der Waals surface area (Å²) in [6.45, 7) is 4.93. The summed E-state index contributed by atoms with van der Waals surface area (Å²) in [7, 11) is 0. The molecular formula is C14H26N2O3. The Kier molecular flexibility index (Phi) is 6.28. The van der Waals surface area contributed by atoms with Crippen LogP contribution in [0.15, 0.2) is 0 Å². The topological polar surface area (TPSA) is 83.6 Å². The Morgan fingerprint density at radius 2 is 2.00 bits per heavy atom. The summed E-state index contributed by atoms with van der Waals surface area (Å²) in [5, 5.41) is 9.29. The maximum atomic E-state index is 12.5. The van der Waals surface area contributed by atoms with Gasteiger partial charge in [0.25, 0.3) is 0 Å². The molecule has 3 N–H and O–H groups in total. The molecule has 0 aromatic carbocycles. The number of carboxylic acids is 1. The van der Waals surface area contributed by atoms with Crippen molar-refractivity contribution in [3.8, 4) is 0 Å². The molecule has 19 heavy (non-hydrogen) atoms. The zero-order chi connectivity index (χ0) is 14.4. The van der Waals surface area contributed by atoms with Crippen molar-refractivity contribution in [3.63, 3.8) is 0 Å². The maximum Gasteiger partial charge on any atom is 0.326 e. The lowest BCUT2D eigenvalue weighted by Gasteiger charge is -2.31. The van der Waals surface area contributed by atoms with E-state index in [1.165, 1.54) is 0 Å². The number of amides is 1. The van der Waals surface area contributed by atoms with Crippen molar-refractivity contribution in [1.29, 1.82) is 0 Å². The van der Waals surface area contributed by atoms with Crippen LogP contribution < -0.4 is 5.73 Å². The first kappa shape index (κ1) is 16.0. The summed E-state index contributed by atoms with van der Waals surface area (Å²) >= 11 is 0. The molecule has 1 saturated heterocycles. The van der Waals surface area contributed by atoms with Gasteiger partial charge in [0.05, 0.1) is 5.92 Å². The molecule has 0 aromatic rings. The van der Waals surface area contributed by atoms with Crippen LogP contribution in [0.3, 0.4) is 0 Å². The largest absolute Gasteiger partial charge is 0.480 e. The minimum Gasteiger partial charge on any atom is -0.480 e. The lowest BCUT2D eigenvalue weighted by atomic mass is 9.95. The van der Waals surface area contributed by atoms with E-state index in [0.29, 0.717) is 25.4 Å². The Morgan fingerprint density at radius 3 is 2.53 bits per heavy atom. The molecule has 1 fully saturated rings. The zero-order valence-corrected chi connectivity index (χ0v) is 12.0. The van der Waals surface area contributed by atoms with Gasteiger partial charge in [-0.2, -0.15) is 0 Å². The van der Waals surface area contributed by atoms with Gasteiger partial charge >= 0.3 is 5.97 Å². The summed E-state index contributed by atoms with van der Waals surface area (Å²) < 4.78 is 0. The van der Waals surface area contributed by atoms with Gasteiger partial charge in [0.1, 0.15) is 6.04 Å². The van der Waals surface area contributed by atoms with Crippen LogP contribution in [0.25, 0.3) is 0 Å². The van der Waals surface area contributed by atoms with Crippen LogP contribution in [-0.4, -0.2) is 41.0 Å². The molecule has 2 unspecified atom stereocenters. The van der Waals surface area contributed by atoms with Crippen molar-refractivity contribution in [1.82, 2.24) is 4.90 Å². The molecule has 1 rings (SSSR count). The molecule has 1 amide bonds. The van der Waals surface area contributed by atoms with Gasteiger partial charge in [-0.3, -0.25) is 4.79 Å². The van der Waals surface area contributed by atoms with Crippen LogP contribution in [0.4, 0.5) is 0 Å². The van der Waals surface area contributed by atoms with E-state index >= 15 is 0 Å². The van der Waals surface area contributed by atoms with E-state index < -0.39 is 12.0 Å². The first-order valence-electron chi connectivity index (χ1n) is 7.20. The fourth-order valence-electron chi connectivity index (χ4n) is 2.73. The van der Waals surface area contributed by atoms with E-state index in [9.17, 15) is 14.7 Å². The second-order valence-electron chi connectivity index (χ2n) is 5.80. The van der Waals surface area contributed by atoms with Crippen LogP contribution in [0.5, 0.6) is 0 Å². The highest BCUT2D eigenvalue weighted by atomic mass is 16.4. The first-order chi connectivity index (χ1) is 8.97. The number of aliphatic carboxylic acids is 1. The van der Waals surface area contributed by atoms with Crippen LogP contribution in [0.2, 0.25) is 0 Å². The van der Waals surface area contributed by atoms with Gasteiger partial charge in [-0.1, -0.05) is 26.7 Å². The molecule has 0 aromatic heterocycles. The molecule has 1 heterocycles. The predicted octanol–water partition coefficient (Wildman–Crippen LogP) is 1.46. The summed E-state index contributed by atoms with van der Waals surface area (Å²) in [6.07, 6.45) is 4.02. The quantitative estimate of drug-likeness (QED) is 0.792. The highest BCUT2D eigenvalue weighted by molar-refractivity contribution is 5.85. The minimum atomic E-state index is -0.893. The Labute approximate surface area is 115 Å². The normalized spacial score (nSPS) is 22.1. The van der Waals surface area contributed by atoms with Crippen LogP contribution in [0, 0.1) is 11.8 Å². The second kappa shape index (κ2) is 7.48. The van der Waals surface area contributed by atoms with Crippen LogP contribution >= 0.6 is 0 Å². The molecule has 0 saturated carbocycles. The van der Waals surface area contributed by atoms with Crippen molar-refractivity contribution in [2.24, 2.45) is 17.6 Å². The van der Waals surface area contributed by atoms with Crippen molar-refractivity contribution in [2.75, 3.05) is 13.1 Å². The molecule has 0 radical (unpaired) electrons. The molecule has 1 aliphatic heterocycles. The van der Waals surface area contributed by atoms with E-state index in [-0.39, 0.29) is 11.8 Å². The van der Waals surface area contributed by atoms with E-state index in [1.54, 1.807) is 4.90 Å². The van der Waals surface area contributed by atoms with Gasteiger partial charge in [-0.25, -0.2) is 4.79 Å². The van der Waals surface area contributed by atoms with Crippen molar-refractivity contribution < 1.29 is 14.7 Å². The maximum absolute atomic E-state index is 12.5. The third kappa shape index (κ3) is 4.49. The average molecular weight is 270 g/mol. The van der Waals surface area contributed by atoms with Gasteiger partial charge in [-0.15, -0.1) is 0 Å². The number of carbonyl (C=O) groups is 2. The molecule has 2 atom stereocenters. The molecule has 5 nitrogen and oxygen atoms in total. The number of hydrogen-bond donors (Lipinski definition) is 2. The summed E-state index contributed by atoms with van der Waals surface area (Å²) in [5.41, 5.74) is 5.69. The summed E-state index contributed by atoms with van der Waals surface area (Å²) in [4.78, 5) is 25.4. The lowest BCUT2D eigenvalue weighted by molar-refractivity contribution is -0.152. The Balaban J connectivity index is 2.81. The Hall–Kier alpha value is -1.10. The molecule has 0 spiro atoms. The number of rotatable bonds is 5. The fraction of sp³-hybridized carbons (Fsp3) is 0.857. The first-order valence-corrected chi connectivity index (χ1v) is 7.20. The van der Waals surface area contributed by atoms with Crippen LogP contribution in [-0.2, 0) is 9.59 Å². The average Bonchev–Trinajstić information content (AvgIpc) is 2.60. The SMILES string of the molecule is CC(C)CC(CN)C(=O)N1CCCCCC1C(=O)O. The molecular weight excluding hydrogens is 244 g/mol. The minimum absolute atomic E-state index is 0.0782. The molecule has 5 heteroatoms. The van der Waals surface area contributed by atoms with Gasteiger partial charge < -0.3 is 15.7 Å². The monoisotopic (exact) mass is 270 g/mol. The Bertz CT molecular complexity index is 318. The smallest absolute Gasteiger partial charge is 0.326 e. The third-order valence-electron chi connectivity index (χ3n) is 3.71. The standard InChI is InChI=1S/C14H26N2O3/c1-10(2)8-11(9-15)13(17)16-7-5-3-4-6-12(16)14(18)19/h10-12H,3-9,15H2,1-2H3,(H,18,19).